The normalized spacial score (nSPS) is 10.4. The van der Waals surface area contributed by atoms with Crippen molar-refractivity contribution >= 4 is 40.8 Å². The van der Waals surface area contributed by atoms with Gasteiger partial charge < -0.3 is 19.5 Å². The van der Waals surface area contributed by atoms with Crippen LogP contribution in [0.15, 0.2) is 297 Å². The maximum Gasteiger partial charge on any atom is 0.573 e. The molecule has 0 bridgehead atoms. The van der Waals surface area contributed by atoms with Crippen LogP contribution in [0, 0.1) is 55.0 Å². The Balaban J connectivity index is 0.000000172. The SMILES string of the molecule is CC(=O)Nc1cccc(-c2cccc(C)n2)c1.CC(=O)c1cccc(-c2cccc(C)n2)c1.COC(=O)Nc1cccc(-c2cccc(C)n2)c1.COC(=O)c1cccc(-c2cccc(C)n2)c1.Cc1cccc(-c2cccc(C(F)(F)F)c2)n1.Cc1cccc(-c2cccc(OC(F)(F)F)c2)n1.[C-]#[N+]c1cccc(-c2cccc(C)n2)c1. The third-order valence-electron chi connectivity index (χ3n) is 16.6. The van der Waals surface area contributed by atoms with Gasteiger partial charge in [0, 0.05) is 97.1 Å². The van der Waals surface area contributed by atoms with Crippen LogP contribution in [-0.2, 0) is 20.4 Å². The second kappa shape index (κ2) is 43.6. The van der Waals surface area contributed by atoms with Gasteiger partial charge in [0.25, 0.3) is 0 Å². The number of halogens is 6. The molecule has 0 aliphatic heterocycles. The number of Topliss-reactive ketones (excluding diaryl/α,β-unsaturated/α-hetero) is 1. The molecule has 17 nitrogen and oxygen atoms in total. The summed E-state index contributed by atoms with van der Waals surface area (Å²) < 4.78 is 87.0. The lowest BCUT2D eigenvalue weighted by Gasteiger charge is -2.10. The van der Waals surface area contributed by atoms with Crippen LogP contribution < -0.4 is 15.4 Å². The molecule has 7 aromatic heterocycles. The number of rotatable bonds is 12. The summed E-state index contributed by atoms with van der Waals surface area (Å²) in [6, 6.07) is 88.3. The molecule has 0 spiro atoms. The number of ketones is 1. The van der Waals surface area contributed by atoms with Crippen LogP contribution in [-0.4, -0.2) is 79.2 Å². The number of hydrogen-bond acceptors (Lipinski definition) is 14. The lowest BCUT2D eigenvalue weighted by molar-refractivity contribution is -0.274. The molecule has 118 heavy (non-hydrogen) atoms. The van der Waals surface area contributed by atoms with Crippen LogP contribution in [0.25, 0.3) is 83.6 Å². The van der Waals surface area contributed by atoms with Crippen molar-refractivity contribution in [2.75, 3.05) is 24.9 Å². The number of anilines is 2. The molecular formula is C95H84F6N10O7. The molecule has 23 heteroatoms. The molecule has 0 atom stereocenters. The zero-order chi connectivity index (χ0) is 85.3. The Morgan fingerprint density at radius 1 is 0.339 bits per heavy atom. The molecule has 14 rings (SSSR count). The first kappa shape index (κ1) is 88.9. The highest BCUT2D eigenvalue weighted by Crippen LogP contribution is 2.33. The molecule has 0 fully saturated rings. The van der Waals surface area contributed by atoms with Gasteiger partial charge in [-0.25, -0.2) is 14.4 Å². The lowest BCUT2D eigenvalue weighted by atomic mass is 10.1. The van der Waals surface area contributed by atoms with E-state index in [0.717, 1.165) is 120 Å². The van der Waals surface area contributed by atoms with Crippen LogP contribution in [0.4, 0.5) is 48.2 Å². The van der Waals surface area contributed by atoms with Gasteiger partial charge in [0.1, 0.15) is 5.75 Å². The van der Waals surface area contributed by atoms with Crippen molar-refractivity contribution in [3.05, 3.63) is 365 Å². The van der Waals surface area contributed by atoms with Crippen LogP contribution in [0.2, 0.25) is 0 Å². The van der Waals surface area contributed by atoms with Crippen molar-refractivity contribution in [3.63, 3.8) is 0 Å². The molecule has 2 amide bonds. The van der Waals surface area contributed by atoms with Crippen molar-refractivity contribution in [1.82, 2.24) is 34.9 Å². The standard InChI is InChI=1S/C14H14N2O2.C14H14N2O.C14H13NO2.C14H13NO.C13H10F3NO.C13H10F3N.C13H10N2/c1-10-5-3-8-13(15-10)11-6-4-7-12(9-11)16-14(17)18-2;1-10-5-3-8-14(15-10)12-6-4-7-13(9-12)16-11(2)17;1-10-5-3-8-13(15-10)11-6-4-7-12(9-11)14(16)17-2;1-10-5-3-8-14(15-10)13-7-4-6-12(9-13)11(2)16;1-9-4-2-7-12(17-9)10-5-3-6-11(8-10)18-13(14,15)16;1-9-4-2-7-12(17-9)10-5-3-6-11(8-10)13(14,15)16;1-10-5-3-8-13(15-10)11-6-4-7-12(9-11)14-2/h3-9H,1-2H3,(H,16,17);3-9H,1-2H3,(H,16,17);3-9H,1-2H3;3-9H,1-2H3;2-8H,1H3;2-8H,1H3;3-9H,1H3. The zero-order valence-corrected chi connectivity index (χ0v) is 66.5. The number of nitrogens with one attached hydrogen (secondary N) is 2. The highest BCUT2D eigenvalue weighted by Gasteiger charge is 2.32. The average molecular weight is 1590 g/mol. The number of ether oxygens (including phenoxy) is 3. The third kappa shape index (κ3) is 29.4. The number of alkyl halides is 6. The number of aromatic nitrogens is 7. The fraction of sp³-hybridized carbons (Fsp3) is 0.137. The number of pyridine rings is 7. The summed E-state index contributed by atoms with van der Waals surface area (Å²) in [4.78, 5) is 78.8. The van der Waals surface area contributed by atoms with Crippen molar-refractivity contribution in [2.45, 2.75) is 74.9 Å². The third-order valence-corrected chi connectivity index (χ3v) is 16.6. The Bertz CT molecular complexity index is 5790. The fourth-order valence-electron chi connectivity index (χ4n) is 11.1. The van der Waals surface area contributed by atoms with E-state index in [0.29, 0.717) is 39.5 Å². The quantitative estimate of drug-likeness (QED) is 0.0504. The highest BCUT2D eigenvalue weighted by atomic mass is 19.4. The first-order chi connectivity index (χ1) is 56.4. The van der Waals surface area contributed by atoms with Gasteiger partial charge >= 0.3 is 24.6 Å². The second-order valence-electron chi connectivity index (χ2n) is 26.1. The molecule has 14 aromatic rings. The molecular weight excluding hydrogens is 1510 g/mol. The highest BCUT2D eigenvalue weighted by molar-refractivity contribution is 5.95. The number of carbonyl (C=O) groups excluding carboxylic acids is 4. The second-order valence-corrected chi connectivity index (χ2v) is 26.1. The Morgan fingerprint density at radius 3 is 0.983 bits per heavy atom. The van der Waals surface area contributed by atoms with Gasteiger partial charge in [0.15, 0.2) is 11.5 Å². The van der Waals surface area contributed by atoms with E-state index in [4.69, 9.17) is 11.3 Å². The monoisotopic (exact) mass is 1590 g/mol. The van der Waals surface area contributed by atoms with Crippen LogP contribution in [0.5, 0.6) is 5.75 Å². The molecule has 0 saturated heterocycles. The van der Waals surface area contributed by atoms with E-state index in [1.54, 1.807) is 80.6 Å². The van der Waals surface area contributed by atoms with Crippen molar-refractivity contribution in [1.29, 1.82) is 0 Å². The topological polar surface area (TPSA) is 215 Å². The number of hydrogen-bond donors (Lipinski definition) is 2. The van der Waals surface area contributed by atoms with Gasteiger partial charge in [0.2, 0.25) is 5.91 Å². The van der Waals surface area contributed by atoms with E-state index in [1.165, 1.54) is 45.4 Å². The summed E-state index contributed by atoms with van der Waals surface area (Å²) in [7, 11) is 2.71. The molecule has 598 valence electrons. The van der Waals surface area contributed by atoms with Crippen molar-refractivity contribution < 1.29 is 59.7 Å². The molecule has 0 aliphatic rings. The van der Waals surface area contributed by atoms with Crippen LogP contribution in [0.3, 0.4) is 0 Å². The number of esters is 1. The fourth-order valence-corrected chi connectivity index (χ4v) is 11.1. The van der Waals surface area contributed by atoms with E-state index < -0.39 is 24.2 Å². The summed E-state index contributed by atoms with van der Waals surface area (Å²) >= 11 is 0. The Morgan fingerprint density at radius 2 is 0.644 bits per heavy atom. The van der Waals surface area contributed by atoms with Crippen LogP contribution >= 0.6 is 0 Å². The Kier molecular flexibility index (Phi) is 32.8. The summed E-state index contributed by atoms with van der Waals surface area (Å²) in [5.41, 5.74) is 20.7. The van der Waals surface area contributed by atoms with Gasteiger partial charge in [0.05, 0.1) is 71.8 Å². The largest absolute Gasteiger partial charge is 0.573 e. The number of nitrogens with zero attached hydrogens (tertiary/aromatic N) is 8. The van der Waals surface area contributed by atoms with Crippen molar-refractivity contribution in [2.24, 2.45) is 0 Å². The summed E-state index contributed by atoms with van der Waals surface area (Å²) in [6.45, 7) is 23.4. The van der Waals surface area contributed by atoms with Crippen molar-refractivity contribution in [3.8, 4) is 84.6 Å². The predicted octanol–water partition coefficient (Wildman–Crippen LogP) is 24.0. The molecule has 0 aliphatic carbocycles. The smallest absolute Gasteiger partial charge is 0.465 e. The van der Waals surface area contributed by atoms with E-state index in [9.17, 15) is 45.5 Å². The number of carbonyl (C=O) groups is 4. The number of benzene rings is 7. The Hall–Kier alpha value is -14.7. The van der Waals surface area contributed by atoms with Gasteiger partial charge in [-0.1, -0.05) is 140 Å². The van der Waals surface area contributed by atoms with E-state index in [2.05, 4.69) is 59.8 Å². The molecule has 7 heterocycles. The van der Waals surface area contributed by atoms with E-state index in [-0.39, 0.29) is 23.4 Å². The molecule has 0 unspecified atom stereocenters. The Labute approximate surface area is 681 Å². The minimum atomic E-state index is -4.68. The molecule has 0 radical (unpaired) electrons. The summed E-state index contributed by atoms with van der Waals surface area (Å²) in [5.74, 6) is -0.573. The zero-order valence-electron chi connectivity index (χ0n) is 66.5. The average Bonchev–Trinajstić information content (AvgIpc) is 0.832. The van der Waals surface area contributed by atoms with Gasteiger partial charge in [-0.2, -0.15) is 13.2 Å². The molecule has 0 saturated carbocycles. The maximum absolute atomic E-state index is 12.5. The molecule has 7 aromatic carbocycles. The first-order valence-corrected chi connectivity index (χ1v) is 36.6. The van der Waals surface area contributed by atoms with E-state index >= 15 is 0 Å². The predicted molar refractivity (Wildman–Crippen MR) is 450 cm³/mol. The van der Waals surface area contributed by atoms with Gasteiger partial charge in [-0.15, -0.1) is 13.2 Å². The minimum Gasteiger partial charge on any atom is -0.465 e. The summed E-state index contributed by atoms with van der Waals surface area (Å²) in [5, 5.41) is 5.39. The maximum atomic E-state index is 12.5. The number of aryl methyl sites for hydroxylation is 7. The van der Waals surface area contributed by atoms with Gasteiger partial charge in [-0.3, -0.25) is 49.8 Å². The van der Waals surface area contributed by atoms with Crippen LogP contribution in [0.1, 0.15) is 80.0 Å². The minimum absolute atomic E-state index is 0.0700. The number of amides is 2. The lowest BCUT2D eigenvalue weighted by Crippen LogP contribution is -2.17. The first-order valence-electron chi connectivity index (χ1n) is 36.6. The van der Waals surface area contributed by atoms with E-state index in [1.807, 2.05) is 236 Å². The van der Waals surface area contributed by atoms with Gasteiger partial charge in [-0.05, 0) is 219 Å². The number of methoxy groups -OCH3 is 2. The molecule has 2 N–H and O–H groups in total. The summed E-state index contributed by atoms with van der Waals surface area (Å²) in [6.07, 6.45) is -9.48.